The Labute approximate surface area is 70.7 Å². The van der Waals surface area contributed by atoms with E-state index in [1.807, 2.05) is 0 Å². The van der Waals surface area contributed by atoms with Gasteiger partial charge in [0.25, 0.3) is 0 Å². The molecule has 9 heavy (non-hydrogen) atoms. The molecule has 2 heteroatoms. The summed E-state index contributed by atoms with van der Waals surface area (Å²) in [7, 11) is 0. The maximum Gasteiger partial charge on any atom is 0.0596 e. The van der Waals surface area contributed by atoms with E-state index in [1.165, 1.54) is 13.0 Å². The second kappa shape index (κ2) is 3.19. The van der Waals surface area contributed by atoms with Gasteiger partial charge in [0.15, 0.2) is 0 Å². The summed E-state index contributed by atoms with van der Waals surface area (Å²) in [4.78, 5) is 0. The van der Waals surface area contributed by atoms with Crippen LogP contribution >= 0.6 is 22.6 Å². The molecule has 0 spiro atoms. The predicted molar refractivity (Wildman–Crippen MR) is 48.8 cm³/mol. The largest absolute Gasteiger partial charge is 0.305 e. The second-order valence-corrected chi connectivity index (χ2v) is 4.62. The first kappa shape index (κ1) is 7.79. The first-order valence-corrected chi connectivity index (χ1v) is 4.82. The van der Waals surface area contributed by atoms with Crippen molar-refractivity contribution in [3.8, 4) is 0 Å². The number of halogens is 1. The smallest absolute Gasteiger partial charge is 0.0596 e. The Morgan fingerprint density at radius 2 is 2.22 bits per heavy atom. The van der Waals surface area contributed by atoms with Crippen LogP contribution in [0.3, 0.4) is 0 Å². The third kappa shape index (κ3) is 2.08. The molecule has 0 radical (unpaired) electrons. The fraction of sp³-hybridized carbons (Fsp3) is 1.00. The zero-order valence-electron chi connectivity index (χ0n) is 6.02. The predicted octanol–water partition coefficient (Wildman–Crippen LogP) is 2.01. The van der Waals surface area contributed by atoms with E-state index in [4.69, 9.17) is 0 Å². The van der Waals surface area contributed by atoms with Crippen molar-refractivity contribution in [1.29, 1.82) is 0 Å². The normalized spacial score (nSPS) is 36.0. The van der Waals surface area contributed by atoms with Crippen molar-refractivity contribution in [3.63, 3.8) is 0 Å². The first-order chi connectivity index (χ1) is 4.20. The van der Waals surface area contributed by atoms with Crippen molar-refractivity contribution in [2.24, 2.45) is 11.8 Å². The van der Waals surface area contributed by atoms with E-state index in [-0.39, 0.29) is 0 Å². The molecule has 2 atom stereocenters. The van der Waals surface area contributed by atoms with Gasteiger partial charge in [-0.1, -0.05) is 36.4 Å². The third-order valence-corrected chi connectivity index (χ3v) is 3.00. The van der Waals surface area contributed by atoms with Crippen LogP contribution in [0.15, 0.2) is 0 Å². The Balaban J connectivity index is 2.30. The molecule has 0 aromatic rings. The molecule has 0 unspecified atom stereocenters. The van der Waals surface area contributed by atoms with Crippen molar-refractivity contribution >= 4 is 22.6 Å². The van der Waals surface area contributed by atoms with Gasteiger partial charge >= 0.3 is 0 Å². The summed E-state index contributed by atoms with van der Waals surface area (Å²) in [6.45, 7) is 5.84. The number of nitrogens with one attached hydrogen (secondary N) is 1. The van der Waals surface area contributed by atoms with Crippen molar-refractivity contribution in [3.05, 3.63) is 0 Å². The monoisotopic (exact) mass is 239 g/mol. The van der Waals surface area contributed by atoms with Crippen LogP contribution in [0.5, 0.6) is 0 Å². The van der Waals surface area contributed by atoms with Crippen LogP contribution in [-0.2, 0) is 0 Å². The van der Waals surface area contributed by atoms with E-state index in [9.17, 15) is 0 Å². The van der Waals surface area contributed by atoms with Crippen LogP contribution in [-0.4, -0.2) is 10.6 Å². The van der Waals surface area contributed by atoms with E-state index < -0.39 is 0 Å². The fourth-order valence-electron chi connectivity index (χ4n) is 1.22. The summed E-state index contributed by atoms with van der Waals surface area (Å²) in [6, 6.07) is 0. The summed E-state index contributed by atoms with van der Waals surface area (Å²) in [5.74, 6) is 1.78. The van der Waals surface area contributed by atoms with Gasteiger partial charge in [-0.2, -0.15) is 0 Å². The summed E-state index contributed by atoms with van der Waals surface area (Å²) in [5, 5.41) is 3.44. The lowest BCUT2D eigenvalue weighted by Gasteiger charge is -2.10. The van der Waals surface area contributed by atoms with E-state index in [0.29, 0.717) is 0 Å². The van der Waals surface area contributed by atoms with Gasteiger partial charge in [-0.3, -0.25) is 0 Å². The number of hydrogen-bond acceptors (Lipinski definition) is 1. The quantitative estimate of drug-likeness (QED) is 0.419. The van der Waals surface area contributed by atoms with Gasteiger partial charge in [-0.15, -0.1) is 0 Å². The minimum atomic E-state index is 0.731. The molecule has 1 fully saturated rings. The molecule has 1 saturated heterocycles. The van der Waals surface area contributed by atoms with Crippen molar-refractivity contribution < 1.29 is 0 Å². The third-order valence-electron chi connectivity index (χ3n) is 2.05. The van der Waals surface area contributed by atoms with Crippen LogP contribution in [0.25, 0.3) is 0 Å². The highest BCUT2D eigenvalue weighted by atomic mass is 127. The minimum Gasteiger partial charge on any atom is -0.305 e. The van der Waals surface area contributed by atoms with Gasteiger partial charge < -0.3 is 5.32 Å². The number of alkyl halides is 1. The van der Waals surface area contributed by atoms with Crippen LogP contribution in [0, 0.1) is 11.8 Å². The summed E-state index contributed by atoms with van der Waals surface area (Å²) < 4.78 is 0.731. The molecule has 1 aliphatic rings. The Bertz CT molecular complexity index is 92.9. The molecular formula is C7H14IN. The van der Waals surface area contributed by atoms with Crippen molar-refractivity contribution in [1.82, 2.24) is 5.32 Å². The van der Waals surface area contributed by atoms with Gasteiger partial charge in [0.2, 0.25) is 0 Å². The number of rotatable bonds is 1. The average Bonchev–Trinajstić information content (AvgIpc) is 2.14. The van der Waals surface area contributed by atoms with Crippen LogP contribution in [0.2, 0.25) is 0 Å². The highest BCUT2D eigenvalue weighted by Crippen LogP contribution is 2.24. The fourth-order valence-corrected chi connectivity index (χ4v) is 2.13. The first-order valence-electron chi connectivity index (χ1n) is 3.57. The highest BCUT2D eigenvalue weighted by Gasteiger charge is 2.23. The van der Waals surface area contributed by atoms with E-state index in [0.717, 1.165) is 15.9 Å². The molecule has 0 aromatic heterocycles. The lowest BCUT2D eigenvalue weighted by Crippen LogP contribution is -2.15. The van der Waals surface area contributed by atoms with Crippen LogP contribution in [0.4, 0.5) is 0 Å². The van der Waals surface area contributed by atoms with Crippen molar-refractivity contribution in [2.75, 3.05) is 6.54 Å². The minimum absolute atomic E-state index is 0.731. The second-order valence-electron chi connectivity index (χ2n) is 3.12. The summed E-state index contributed by atoms with van der Waals surface area (Å²) in [5.41, 5.74) is 0. The van der Waals surface area contributed by atoms with Gasteiger partial charge in [-0.25, -0.2) is 0 Å². The number of hydrogen-bond donors (Lipinski definition) is 1. The maximum atomic E-state index is 3.44. The molecule has 1 rings (SSSR count). The van der Waals surface area contributed by atoms with E-state index in [1.54, 1.807) is 0 Å². The molecule has 1 nitrogen and oxygen atoms in total. The molecule has 0 amide bonds. The summed E-state index contributed by atoms with van der Waals surface area (Å²) in [6.07, 6.45) is 1.36. The lowest BCUT2D eigenvalue weighted by atomic mass is 9.96. The Hall–Kier alpha value is 0.690. The van der Waals surface area contributed by atoms with Gasteiger partial charge in [0.1, 0.15) is 0 Å². The van der Waals surface area contributed by atoms with Gasteiger partial charge in [0, 0.05) is 0 Å². The highest BCUT2D eigenvalue weighted by molar-refractivity contribution is 14.1. The van der Waals surface area contributed by atoms with Crippen LogP contribution < -0.4 is 5.32 Å². The molecule has 0 saturated carbocycles. The molecule has 0 bridgehead atoms. The standard InChI is InChI=1S/C7H14IN/c1-5(2)6-3-7(8)9-4-6/h5-7,9H,3-4H2,1-2H3/t6-,7-/m0/s1. The van der Waals surface area contributed by atoms with E-state index >= 15 is 0 Å². The van der Waals surface area contributed by atoms with Gasteiger partial charge in [0.05, 0.1) is 4.05 Å². The zero-order chi connectivity index (χ0) is 6.85. The SMILES string of the molecule is CC(C)[C@@H]1CN[C@H](I)C1. The average molecular weight is 239 g/mol. The molecule has 0 aliphatic carbocycles. The molecular weight excluding hydrogens is 225 g/mol. The Kier molecular flexibility index (Phi) is 2.76. The maximum absolute atomic E-state index is 3.44. The molecule has 1 aliphatic heterocycles. The lowest BCUT2D eigenvalue weighted by molar-refractivity contribution is 0.418. The molecule has 0 aromatic carbocycles. The molecule has 1 N–H and O–H groups in total. The molecule has 1 heterocycles. The van der Waals surface area contributed by atoms with E-state index in [2.05, 4.69) is 41.8 Å². The Morgan fingerprint density at radius 3 is 2.44 bits per heavy atom. The molecule has 54 valence electrons. The Morgan fingerprint density at radius 1 is 1.56 bits per heavy atom. The van der Waals surface area contributed by atoms with Crippen LogP contribution in [0.1, 0.15) is 20.3 Å². The topological polar surface area (TPSA) is 12.0 Å². The zero-order valence-corrected chi connectivity index (χ0v) is 8.18. The summed E-state index contributed by atoms with van der Waals surface area (Å²) >= 11 is 2.47. The van der Waals surface area contributed by atoms with Crippen molar-refractivity contribution in [2.45, 2.75) is 24.3 Å². The van der Waals surface area contributed by atoms with Gasteiger partial charge in [-0.05, 0) is 24.8 Å².